The van der Waals surface area contributed by atoms with Crippen LogP contribution in [0.4, 0.5) is 19.1 Å². The highest BCUT2D eigenvalue weighted by Gasteiger charge is 2.33. The SMILES string of the molecule is Cn1c(=O)n([C@H]2CCC(=O)NC2=O)c2ccc(CN3CC(OCCN4CCN(Cc5ccc(-c6cn(C7CCC(O)CC7)c7nc(NCCC(F)(F)F)ncc67)cc5)CC4)C3)cc21. The number of imidazole rings is 1. The Bertz CT molecular complexity index is 2500. The molecule has 1 aliphatic carbocycles. The first kappa shape index (κ1) is 43.1. The largest absolute Gasteiger partial charge is 0.393 e. The molecule has 2 amide bonds. The van der Waals surface area contributed by atoms with Crippen molar-refractivity contribution < 1.29 is 32.6 Å². The molecule has 2 aromatic carbocycles. The Morgan fingerprint density at radius 1 is 0.889 bits per heavy atom. The van der Waals surface area contributed by atoms with E-state index in [1.54, 1.807) is 17.8 Å². The number of carbonyl (C=O) groups is 2. The van der Waals surface area contributed by atoms with Gasteiger partial charge in [-0.15, -0.1) is 0 Å². The zero-order valence-corrected chi connectivity index (χ0v) is 35.5. The van der Waals surface area contributed by atoms with Gasteiger partial charge in [-0.25, -0.2) is 9.78 Å². The molecule has 5 aromatic rings. The summed E-state index contributed by atoms with van der Waals surface area (Å²) in [4.78, 5) is 53.6. The van der Waals surface area contributed by atoms with Crippen LogP contribution in [-0.2, 0) is 34.5 Å². The van der Waals surface area contributed by atoms with E-state index in [2.05, 4.69) is 70.3 Å². The number of hydrogen-bond acceptors (Lipinski definition) is 11. The number of piperazine rings is 1. The molecular formula is C45H55F3N10O5. The number of imide groups is 1. The van der Waals surface area contributed by atoms with Crippen LogP contribution in [0, 0.1) is 0 Å². The number of aromatic nitrogens is 5. The third-order valence-corrected chi connectivity index (χ3v) is 13.2. The van der Waals surface area contributed by atoms with Crippen molar-refractivity contribution >= 4 is 39.8 Å². The van der Waals surface area contributed by atoms with Gasteiger partial charge < -0.3 is 19.7 Å². The summed E-state index contributed by atoms with van der Waals surface area (Å²) in [5, 5.41) is 16.1. The average Bonchev–Trinajstić information content (AvgIpc) is 3.74. The molecule has 0 unspecified atom stereocenters. The summed E-state index contributed by atoms with van der Waals surface area (Å²) in [6, 6.07) is 13.9. The number of aryl methyl sites for hydroxylation is 1. The smallest absolute Gasteiger partial charge is 0.390 e. The fourth-order valence-corrected chi connectivity index (χ4v) is 9.60. The molecule has 4 aliphatic rings. The molecule has 1 atom stereocenters. The molecule has 3 aliphatic heterocycles. The second-order valence-corrected chi connectivity index (χ2v) is 17.6. The lowest BCUT2D eigenvalue weighted by Gasteiger charge is -2.40. The van der Waals surface area contributed by atoms with E-state index in [0.29, 0.717) is 37.0 Å². The number of aliphatic hydroxyl groups is 1. The second-order valence-electron chi connectivity index (χ2n) is 17.6. The van der Waals surface area contributed by atoms with Gasteiger partial charge in [0.15, 0.2) is 0 Å². The van der Waals surface area contributed by atoms with Gasteiger partial charge in [0.05, 0.1) is 36.3 Å². The van der Waals surface area contributed by atoms with E-state index in [9.17, 15) is 32.7 Å². The zero-order chi connectivity index (χ0) is 43.8. The molecule has 1 saturated carbocycles. The first-order valence-electron chi connectivity index (χ1n) is 22.1. The summed E-state index contributed by atoms with van der Waals surface area (Å²) < 4.78 is 49.8. The number of halogens is 3. The lowest BCUT2D eigenvalue weighted by molar-refractivity contribution is -0.136. The summed E-state index contributed by atoms with van der Waals surface area (Å²) in [7, 11) is 1.71. The Morgan fingerprint density at radius 2 is 1.60 bits per heavy atom. The minimum absolute atomic E-state index is 0.131. The van der Waals surface area contributed by atoms with Crippen molar-refractivity contribution in [2.45, 2.75) is 88.5 Å². The number of aliphatic hydroxyl groups excluding tert-OH is 1. The Hall–Kier alpha value is -5.14. The van der Waals surface area contributed by atoms with Gasteiger partial charge in [0.1, 0.15) is 11.7 Å². The molecule has 15 nitrogen and oxygen atoms in total. The number of amides is 2. The van der Waals surface area contributed by atoms with Gasteiger partial charge >= 0.3 is 11.9 Å². The highest BCUT2D eigenvalue weighted by atomic mass is 19.4. The minimum atomic E-state index is -4.27. The van der Waals surface area contributed by atoms with Gasteiger partial charge in [0.25, 0.3) is 0 Å². The van der Waals surface area contributed by atoms with E-state index in [4.69, 9.17) is 4.74 Å². The van der Waals surface area contributed by atoms with Crippen molar-refractivity contribution in [2.24, 2.45) is 7.05 Å². The van der Waals surface area contributed by atoms with Crippen molar-refractivity contribution in [1.29, 1.82) is 0 Å². The number of carbonyl (C=O) groups excluding carboxylic acids is 2. The number of likely N-dealkylation sites (tertiary alicyclic amines) is 1. The number of nitrogens with zero attached hydrogens (tertiary/aromatic N) is 8. The molecular weight excluding hydrogens is 818 g/mol. The summed E-state index contributed by atoms with van der Waals surface area (Å²) >= 11 is 0. The standard InChI is InChI=1S/C45H55F3N10O5/c1-53-39-22-30(4-11-37(39)58(44(53)62)38-12-13-40(60)51-42(38)61)25-56-26-34(27-56)63-21-20-54-16-18-55(19-17-54)24-29-2-5-31(6-3-29)36-28-57(32-7-9-33(59)10-8-32)41-35(36)23-50-43(52-41)49-15-14-45(46,47)48/h2-6,11,22-23,28,32-34,38,59H,7-10,12-21,24-27H2,1H3,(H,49,50,52)(H,51,60,61)/t32?,33?,38-/m0/s1. The number of alkyl halides is 3. The fraction of sp³-hybridized carbons (Fsp3) is 0.533. The van der Waals surface area contributed by atoms with Crippen LogP contribution in [0.1, 0.15) is 68.2 Å². The molecule has 336 valence electrons. The van der Waals surface area contributed by atoms with Crippen LogP contribution in [0.15, 0.2) is 59.7 Å². The van der Waals surface area contributed by atoms with Crippen molar-refractivity contribution in [3.63, 3.8) is 0 Å². The number of hydrogen-bond donors (Lipinski definition) is 3. The molecule has 3 N–H and O–H groups in total. The lowest BCUT2D eigenvalue weighted by atomic mass is 9.93. The first-order chi connectivity index (χ1) is 30.3. The van der Waals surface area contributed by atoms with Crippen LogP contribution < -0.4 is 16.3 Å². The Labute approximate surface area is 362 Å². The summed E-state index contributed by atoms with van der Waals surface area (Å²) in [5.41, 5.74) is 6.16. The van der Waals surface area contributed by atoms with E-state index < -0.39 is 24.5 Å². The fourth-order valence-electron chi connectivity index (χ4n) is 9.60. The van der Waals surface area contributed by atoms with E-state index in [1.165, 1.54) is 10.1 Å². The number of benzene rings is 2. The third kappa shape index (κ3) is 9.69. The van der Waals surface area contributed by atoms with Gasteiger partial charge in [0.2, 0.25) is 17.8 Å². The van der Waals surface area contributed by atoms with Crippen molar-refractivity contribution in [1.82, 2.24) is 43.7 Å². The summed E-state index contributed by atoms with van der Waals surface area (Å²) in [5.74, 6) is -0.573. The van der Waals surface area contributed by atoms with Crippen LogP contribution in [0.5, 0.6) is 0 Å². The second kappa shape index (κ2) is 18.2. The first-order valence-corrected chi connectivity index (χ1v) is 22.1. The summed E-state index contributed by atoms with van der Waals surface area (Å²) in [6.45, 7) is 8.41. The summed E-state index contributed by atoms with van der Waals surface area (Å²) in [6.07, 6.45) is 1.92. The number of nitrogens with one attached hydrogen (secondary N) is 2. The highest BCUT2D eigenvalue weighted by Crippen LogP contribution is 2.37. The van der Waals surface area contributed by atoms with Crippen LogP contribution >= 0.6 is 0 Å². The highest BCUT2D eigenvalue weighted by molar-refractivity contribution is 6.00. The maximum Gasteiger partial charge on any atom is 0.390 e. The molecule has 3 saturated heterocycles. The Balaban J connectivity index is 0.726. The molecule has 9 rings (SSSR count). The molecule has 0 bridgehead atoms. The van der Waals surface area contributed by atoms with Crippen molar-refractivity contribution in [3.8, 4) is 11.1 Å². The molecule has 3 aromatic heterocycles. The van der Waals surface area contributed by atoms with Crippen LogP contribution in [0.3, 0.4) is 0 Å². The number of piperidine rings is 1. The average molecular weight is 873 g/mol. The molecule has 63 heavy (non-hydrogen) atoms. The van der Waals surface area contributed by atoms with E-state index >= 15 is 0 Å². The van der Waals surface area contributed by atoms with Crippen LogP contribution in [0.2, 0.25) is 0 Å². The molecule has 6 heterocycles. The van der Waals surface area contributed by atoms with Gasteiger partial charge in [-0.2, -0.15) is 18.2 Å². The monoisotopic (exact) mass is 872 g/mol. The number of fused-ring (bicyclic) bond motifs is 2. The van der Waals surface area contributed by atoms with Gasteiger partial charge in [0, 0.05) is 108 Å². The van der Waals surface area contributed by atoms with Gasteiger partial charge in [-0.05, 0) is 60.9 Å². The lowest BCUT2D eigenvalue weighted by Crippen LogP contribution is -2.52. The third-order valence-electron chi connectivity index (χ3n) is 13.2. The van der Waals surface area contributed by atoms with Crippen molar-refractivity contribution in [3.05, 3.63) is 76.5 Å². The predicted molar refractivity (Wildman–Crippen MR) is 231 cm³/mol. The Kier molecular flexibility index (Phi) is 12.4. The van der Waals surface area contributed by atoms with Crippen LogP contribution in [-0.4, -0.2) is 133 Å². The molecule has 0 radical (unpaired) electrons. The predicted octanol–water partition coefficient (Wildman–Crippen LogP) is 4.59. The maximum absolute atomic E-state index is 13.1. The van der Waals surface area contributed by atoms with Gasteiger partial charge in [-0.1, -0.05) is 30.3 Å². The van der Waals surface area contributed by atoms with Crippen molar-refractivity contribution in [2.75, 3.05) is 64.3 Å². The number of ether oxygens (including phenoxy) is 1. The molecule has 0 spiro atoms. The Morgan fingerprint density at radius 3 is 2.33 bits per heavy atom. The molecule has 4 fully saturated rings. The van der Waals surface area contributed by atoms with E-state index in [-0.39, 0.29) is 48.8 Å². The topological polar surface area (TPSA) is 155 Å². The maximum atomic E-state index is 13.1. The van der Waals surface area contributed by atoms with E-state index in [1.807, 2.05) is 18.2 Å². The number of rotatable bonds is 14. The van der Waals surface area contributed by atoms with Gasteiger partial charge in [-0.3, -0.25) is 38.7 Å². The minimum Gasteiger partial charge on any atom is -0.393 e. The number of anilines is 1. The zero-order valence-electron chi connectivity index (χ0n) is 35.5. The molecule has 18 heteroatoms. The quantitative estimate of drug-likeness (QED) is 0.134. The normalized spacial score (nSPS) is 22.2. The van der Waals surface area contributed by atoms with E-state index in [0.717, 1.165) is 99.3 Å². The van der Waals surface area contributed by atoms with Crippen LogP contribution in [0.25, 0.3) is 33.2 Å².